The summed E-state index contributed by atoms with van der Waals surface area (Å²) in [6.45, 7) is 0. The molecule has 0 aliphatic carbocycles. The molecule has 0 fully saturated rings. The van der Waals surface area contributed by atoms with Crippen LogP contribution >= 0.6 is 43.5 Å². The Morgan fingerprint density at radius 2 is 1.88 bits per heavy atom. The number of hydrogen-bond donors (Lipinski definition) is 2. The maximum absolute atomic E-state index is 5.76. The van der Waals surface area contributed by atoms with Gasteiger partial charge in [-0.1, -0.05) is 6.07 Å². The van der Waals surface area contributed by atoms with Crippen molar-refractivity contribution in [3.63, 3.8) is 0 Å². The van der Waals surface area contributed by atoms with Gasteiger partial charge in [-0.3, -0.25) is 0 Å². The van der Waals surface area contributed by atoms with Crippen LogP contribution in [0.3, 0.4) is 0 Å². The second-order valence-corrected chi connectivity index (χ2v) is 5.21. The van der Waals surface area contributed by atoms with Crippen molar-refractivity contribution >= 4 is 60.7 Å². The van der Waals surface area contributed by atoms with Crippen LogP contribution in [0.1, 0.15) is 0 Å². The van der Waals surface area contributed by atoms with Crippen molar-refractivity contribution in [3.05, 3.63) is 38.6 Å². The summed E-state index contributed by atoms with van der Waals surface area (Å²) in [6.07, 6.45) is 1.46. The Hall–Kier alpha value is -0.850. The summed E-state index contributed by atoms with van der Waals surface area (Å²) in [5.74, 6) is 0.470. The predicted octanol–water partition coefficient (Wildman–Crippen LogP) is 3.98. The number of rotatable bonds is 2. The first-order valence-electron chi connectivity index (χ1n) is 4.57. The van der Waals surface area contributed by atoms with Gasteiger partial charge >= 0.3 is 0 Å². The Bertz CT molecular complexity index is 542. The molecule has 7 heteroatoms. The van der Waals surface area contributed by atoms with Crippen LogP contribution in [0, 0.1) is 0 Å². The number of anilines is 3. The van der Waals surface area contributed by atoms with Crippen molar-refractivity contribution in [1.82, 2.24) is 9.97 Å². The van der Waals surface area contributed by atoms with E-state index >= 15 is 0 Å². The van der Waals surface area contributed by atoms with Gasteiger partial charge in [0.1, 0.15) is 0 Å². The van der Waals surface area contributed by atoms with E-state index < -0.39 is 0 Å². The van der Waals surface area contributed by atoms with Crippen molar-refractivity contribution < 1.29 is 0 Å². The first-order valence-corrected chi connectivity index (χ1v) is 6.53. The third kappa shape index (κ3) is 2.88. The van der Waals surface area contributed by atoms with Gasteiger partial charge in [-0.25, -0.2) is 4.98 Å². The Kier molecular flexibility index (Phi) is 3.86. The summed E-state index contributed by atoms with van der Waals surface area (Å²) < 4.78 is 1.78. The summed E-state index contributed by atoms with van der Waals surface area (Å²) in [5, 5.41) is 3.24. The number of benzene rings is 1. The SMILES string of the molecule is Nc1cnc(Cl)nc1Nc1c(Br)cccc1Br. The summed E-state index contributed by atoms with van der Waals surface area (Å²) in [7, 11) is 0. The van der Waals surface area contributed by atoms with E-state index in [1.807, 2.05) is 18.2 Å². The van der Waals surface area contributed by atoms with Crippen molar-refractivity contribution in [2.24, 2.45) is 0 Å². The zero-order chi connectivity index (χ0) is 12.4. The molecule has 0 aliphatic rings. The van der Waals surface area contributed by atoms with Gasteiger partial charge in [-0.2, -0.15) is 4.98 Å². The predicted molar refractivity (Wildman–Crippen MR) is 76.6 cm³/mol. The second kappa shape index (κ2) is 5.20. The Balaban J connectivity index is 2.41. The first-order chi connectivity index (χ1) is 8.08. The molecule has 88 valence electrons. The van der Waals surface area contributed by atoms with Crippen LogP contribution in [-0.4, -0.2) is 9.97 Å². The molecule has 0 bridgehead atoms. The van der Waals surface area contributed by atoms with Crippen LogP contribution in [0.2, 0.25) is 5.28 Å². The van der Waals surface area contributed by atoms with E-state index in [-0.39, 0.29) is 5.28 Å². The molecule has 0 unspecified atom stereocenters. The molecule has 2 rings (SSSR count). The van der Waals surface area contributed by atoms with Crippen LogP contribution in [0.15, 0.2) is 33.3 Å². The molecular weight excluding hydrogens is 371 g/mol. The monoisotopic (exact) mass is 376 g/mol. The summed E-state index contributed by atoms with van der Waals surface area (Å²) >= 11 is 12.6. The number of hydrogen-bond acceptors (Lipinski definition) is 4. The number of nitrogens with two attached hydrogens (primary N) is 1. The van der Waals surface area contributed by atoms with Crippen LogP contribution in [-0.2, 0) is 0 Å². The normalized spacial score (nSPS) is 10.3. The summed E-state index contributed by atoms with van der Waals surface area (Å²) in [5.41, 5.74) is 7.02. The van der Waals surface area contributed by atoms with Crippen LogP contribution in [0.5, 0.6) is 0 Å². The molecule has 2 aromatic rings. The molecule has 1 aromatic heterocycles. The fourth-order valence-electron chi connectivity index (χ4n) is 1.21. The molecule has 1 heterocycles. The maximum Gasteiger partial charge on any atom is 0.224 e. The largest absolute Gasteiger partial charge is 0.394 e. The van der Waals surface area contributed by atoms with E-state index in [1.54, 1.807) is 0 Å². The molecule has 0 saturated carbocycles. The highest BCUT2D eigenvalue weighted by atomic mass is 79.9. The molecule has 3 N–H and O–H groups in total. The van der Waals surface area contributed by atoms with Gasteiger partial charge in [0, 0.05) is 8.95 Å². The highest BCUT2D eigenvalue weighted by Crippen LogP contribution is 2.33. The molecule has 0 atom stereocenters. The quantitative estimate of drug-likeness (QED) is 0.776. The number of para-hydroxylation sites is 1. The number of nitrogens with zero attached hydrogens (tertiary/aromatic N) is 2. The molecule has 4 nitrogen and oxygen atoms in total. The van der Waals surface area contributed by atoms with E-state index in [9.17, 15) is 0 Å². The standard InChI is InChI=1S/C10H7Br2ClN4/c11-5-2-1-3-6(12)8(5)16-9-7(14)4-15-10(13)17-9/h1-4H,14H2,(H,15,16,17). The lowest BCUT2D eigenvalue weighted by molar-refractivity contribution is 1.17. The van der Waals surface area contributed by atoms with E-state index in [0.717, 1.165) is 14.6 Å². The van der Waals surface area contributed by atoms with Gasteiger partial charge in [0.2, 0.25) is 5.28 Å². The highest BCUT2D eigenvalue weighted by Gasteiger charge is 2.08. The minimum absolute atomic E-state index is 0.143. The van der Waals surface area contributed by atoms with Gasteiger partial charge in [-0.05, 0) is 55.6 Å². The lowest BCUT2D eigenvalue weighted by Gasteiger charge is -2.11. The van der Waals surface area contributed by atoms with Gasteiger partial charge in [0.05, 0.1) is 17.6 Å². The topological polar surface area (TPSA) is 63.8 Å². The fourth-order valence-corrected chi connectivity index (χ4v) is 2.54. The molecule has 1 aromatic carbocycles. The Labute approximate surface area is 120 Å². The van der Waals surface area contributed by atoms with Gasteiger partial charge in [-0.15, -0.1) is 0 Å². The van der Waals surface area contributed by atoms with Crippen LogP contribution < -0.4 is 11.1 Å². The number of halogens is 3. The summed E-state index contributed by atoms with van der Waals surface area (Å²) in [4.78, 5) is 7.82. The van der Waals surface area contributed by atoms with E-state index in [4.69, 9.17) is 17.3 Å². The fraction of sp³-hybridized carbons (Fsp3) is 0. The maximum atomic E-state index is 5.76. The Morgan fingerprint density at radius 1 is 1.24 bits per heavy atom. The highest BCUT2D eigenvalue weighted by molar-refractivity contribution is 9.11. The van der Waals surface area contributed by atoms with E-state index in [0.29, 0.717) is 11.5 Å². The molecule has 0 spiro atoms. The molecule has 0 aliphatic heterocycles. The van der Waals surface area contributed by atoms with Gasteiger partial charge < -0.3 is 11.1 Å². The van der Waals surface area contributed by atoms with Crippen LogP contribution in [0.4, 0.5) is 17.2 Å². The van der Waals surface area contributed by atoms with Crippen molar-refractivity contribution in [1.29, 1.82) is 0 Å². The van der Waals surface area contributed by atoms with Crippen LogP contribution in [0.25, 0.3) is 0 Å². The van der Waals surface area contributed by atoms with Gasteiger partial charge in [0.15, 0.2) is 5.82 Å². The summed E-state index contributed by atoms with van der Waals surface area (Å²) in [6, 6.07) is 5.73. The van der Waals surface area contributed by atoms with Gasteiger partial charge in [0.25, 0.3) is 0 Å². The van der Waals surface area contributed by atoms with E-state index in [1.165, 1.54) is 6.20 Å². The average molecular weight is 378 g/mol. The Morgan fingerprint density at radius 3 is 2.53 bits per heavy atom. The minimum Gasteiger partial charge on any atom is -0.394 e. The lowest BCUT2D eigenvalue weighted by atomic mass is 10.3. The average Bonchev–Trinajstić information content (AvgIpc) is 2.28. The molecular formula is C10H7Br2ClN4. The number of nitrogen functional groups attached to an aromatic ring is 1. The van der Waals surface area contributed by atoms with Crippen molar-refractivity contribution in [2.45, 2.75) is 0 Å². The third-order valence-corrected chi connectivity index (χ3v) is 3.50. The number of nitrogens with one attached hydrogen (secondary N) is 1. The van der Waals surface area contributed by atoms with E-state index in [2.05, 4.69) is 47.1 Å². The molecule has 0 saturated heterocycles. The zero-order valence-corrected chi connectivity index (χ0v) is 12.3. The molecule has 0 amide bonds. The smallest absolute Gasteiger partial charge is 0.224 e. The molecule has 17 heavy (non-hydrogen) atoms. The first kappa shape index (κ1) is 12.6. The van der Waals surface area contributed by atoms with Crippen molar-refractivity contribution in [3.8, 4) is 0 Å². The number of aromatic nitrogens is 2. The lowest BCUT2D eigenvalue weighted by Crippen LogP contribution is -2.01. The minimum atomic E-state index is 0.143. The van der Waals surface area contributed by atoms with Crippen molar-refractivity contribution in [2.75, 3.05) is 11.1 Å². The second-order valence-electron chi connectivity index (χ2n) is 3.16. The zero-order valence-electron chi connectivity index (χ0n) is 8.42. The third-order valence-electron chi connectivity index (χ3n) is 1.99. The molecule has 0 radical (unpaired) electrons.